The van der Waals surface area contributed by atoms with Crippen LogP contribution in [0.3, 0.4) is 0 Å². The zero-order chi connectivity index (χ0) is 40.4. The molecule has 0 saturated heterocycles. The van der Waals surface area contributed by atoms with Crippen molar-refractivity contribution in [3.05, 3.63) is 96.2 Å². The molecule has 1 aliphatic rings. The summed E-state index contributed by atoms with van der Waals surface area (Å²) in [6.45, 7) is 6.01. The molecular formula is C52H66N2O4. The molecule has 0 bridgehead atoms. The van der Waals surface area contributed by atoms with E-state index in [4.69, 9.17) is 14.5 Å². The van der Waals surface area contributed by atoms with E-state index in [-0.39, 0.29) is 17.2 Å². The summed E-state index contributed by atoms with van der Waals surface area (Å²) >= 11 is 0. The summed E-state index contributed by atoms with van der Waals surface area (Å²) in [5, 5.41) is 11.9. The van der Waals surface area contributed by atoms with Crippen molar-refractivity contribution in [1.82, 2.24) is 4.98 Å². The van der Waals surface area contributed by atoms with Crippen LogP contribution in [0.2, 0.25) is 0 Å². The second-order valence-corrected chi connectivity index (χ2v) is 16.2. The molecule has 0 amide bonds. The molecule has 1 aromatic heterocycles. The first-order valence-electron chi connectivity index (χ1n) is 22.6. The molecule has 1 aliphatic heterocycles. The van der Waals surface area contributed by atoms with E-state index in [0.717, 1.165) is 65.3 Å². The lowest BCUT2D eigenvalue weighted by molar-refractivity contribution is 0.106. The summed E-state index contributed by atoms with van der Waals surface area (Å²) in [7, 11) is 0. The first-order chi connectivity index (χ1) is 28.6. The van der Waals surface area contributed by atoms with Crippen molar-refractivity contribution in [3.8, 4) is 39.5 Å². The van der Waals surface area contributed by atoms with Crippen molar-refractivity contribution in [2.45, 2.75) is 142 Å². The average molecular weight is 783 g/mol. The number of aromatic hydroxyl groups is 1. The molecule has 4 aromatic carbocycles. The van der Waals surface area contributed by atoms with E-state index >= 15 is 0 Å². The normalized spacial score (nSPS) is 12.3. The molecule has 0 atom stereocenters. The summed E-state index contributed by atoms with van der Waals surface area (Å²) < 4.78 is 12.1. The average Bonchev–Trinajstić information content (AvgIpc) is 3.76. The van der Waals surface area contributed by atoms with E-state index in [1.807, 2.05) is 60.7 Å². The van der Waals surface area contributed by atoms with Gasteiger partial charge in [0.1, 0.15) is 22.9 Å². The van der Waals surface area contributed by atoms with Crippen LogP contribution in [0.15, 0.2) is 89.9 Å². The van der Waals surface area contributed by atoms with Crippen molar-refractivity contribution >= 4 is 28.1 Å². The number of aliphatic imine (C=N–C) groups is 1. The van der Waals surface area contributed by atoms with Crippen LogP contribution >= 0.6 is 0 Å². The van der Waals surface area contributed by atoms with Gasteiger partial charge in [0.05, 0.1) is 24.4 Å². The SMILES string of the molecule is CCCCCCCCCCCCOc1ccc(-c2ccc3c(c2)N=C(c2[nH]c4cc(-c5ccc(OCCCCCCCCCCCC)cc5)ccc4c2O)C3=O)cc1. The fraction of sp³-hybridized carbons (Fsp3) is 0.462. The number of carbonyl (C=O) groups is 1. The van der Waals surface area contributed by atoms with Crippen LogP contribution in [0.5, 0.6) is 17.2 Å². The zero-order valence-corrected chi connectivity index (χ0v) is 35.3. The molecule has 0 saturated carbocycles. The van der Waals surface area contributed by atoms with Crippen LogP contribution in [0.25, 0.3) is 33.2 Å². The van der Waals surface area contributed by atoms with Crippen molar-refractivity contribution in [2.24, 2.45) is 4.99 Å². The van der Waals surface area contributed by atoms with Gasteiger partial charge >= 0.3 is 0 Å². The fourth-order valence-electron chi connectivity index (χ4n) is 8.04. The van der Waals surface area contributed by atoms with Crippen molar-refractivity contribution in [1.29, 1.82) is 0 Å². The molecule has 308 valence electrons. The topological polar surface area (TPSA) is 83.9 Å². The molecule has 6 nitrogen and oxygen atoms in total. The second-order valence-electron chi connectivity index (χ2n) is 16.2. The Bertz CT molecular complexity index is 2040. The van der Waals surface area contributed by atoms with E-state index in [0.29, 0.717) is 22.3 Å². The van der Waals surface area contributed by atoms with Gasteiger partial charge in [0, 0.05) is 10.9 Å². The molecule has 6 heteroatoms. The van der Waals surface area contributed by atoms with Crippen LogP contribution in [0, 0.1) is 0 Å². The van der Waals surface area contributed by atoms with Gasteiger partial charge in [0.2, 0.25) is 5.78 Å². The number of ketones is 1. The Morgan fingerprint density at radius 1 is 0.517 bits per heavy atom. The largest absolute Gasteiger partial charge is 0.505 e. The number of unbranched alkanes of at least 4 members (excludes halogenated alkanes) is 18. The lowest BCUT2D eigenvalue weighted by Crippen LogP contribution is -2.11. The summed E-state index contributed by atoms with van der Waals surface area (Å²) in [6, 6.07) is 27.9. The Labute approximate surface area is 347 Å². The number of H-pyrrole nitrogens is 1. The second kappa shape index (κ2) is 22.9. The number of rotatable bonds is 27. The number of nitrogens with zero attached hydrogens (tertiary/aromatic N) is 1. The molecule has 0 radical (unpaired) electrons. The quantitative estimate of drug-likeness (QED) is 0.0520. The van der Waals surface area contributed by atoms with Gasteiger partial charge in [-0.3, -0.25) is 4.79 Å². The molecule has 5 aromatic rings. The monoisotopic (exact) mass is 783 g/mol. The molecule has 0 spiro atoms. The number of fused-ring (bicyclic) bond motifs is 2. The lowest BCUT2D eigenvalue weighted by atomic mass is 10.0. The van der Waals surface area contributed by atoms with Crippen molar-refractivity contribution < 1.29 is 19.4 Å². The maximum Gasteiger partial charge on any atom is 0.215 e. The highest BCUT2D eigenvalue weighted by atomic mass is 16.5. The van der Waals surface area contributed by atoms with Crippen molar-refractivity contribution in [3.63, 3.8) is 0 Å². The smallest absolute Gasteiger partial charge is 0.215 e. The molecule has 58 heavy (non-hydrogen) atoms. The summed E-state index contributed by atoms with van der Waals surface area (Å²) in [5.41, 5.74) is 6.50. The summed E-state index contributed by atoms with van der Waals surface area (Å²) in [4.78, 5) is 21.6. The Kier molecular flexibility index (Phi) is 16.9. The number of ether oxygens (including phenoxy) is 2. The number of carbonyl (C=O) groups excluding carboxylic acids is 1. The fourth-order valence-corrected chi connectivity index (χ4v) is 8.04. The Morgan fingerprint density at radius 2 is 0.948 bits per heavy atom. The zero-order valence-electron chi connectivity index (χ0n) is 35.3. The van der Waals surface area contributed by atoms with Crippen LogP contribution in [-0.4, -0.2) is 34.8 Å². The number of hydrogen-bond donors (Lipinski definition) is 2. The minimum atomic E-state index is -0.201. The minimum Gasteiger partial charge on any atom is -0.505 e. The van der Waals surface area contributed by atoms with Crippen LogP contribution in [0.1, 0.15) is 158 Å². The van der Waals surface area contributed by atoms with E-state index in [1.165, 1.54) is 116 Å². The van der Waals surface area contributed by atoms with Crippen LogP contribution in [-0.2, 0) is 0 Å². The standard InChI is InChI=1S/C52H66N2O4/c1-3-5-7-9-11-13-15-17-19-21-35-57-43-29-23-39(24-30-43)41-27-33-45-47(37-41)53-49(51(45)55)50-52(56)46-34-28-42(38-48(46)54-50)40-25-31-44(32-26-40)58-36-22-20-18-16-14-12-10-8-6-4-2/h23-34,37-38,53,55H,3-22,35-36H2,1-2H3. The van der Waals surface area contributed by atoms with Crippen LogP contribution in [0.4, 0.5) is 5.69 Å². The summed E-state index contributed by atoms with van der Waals surface area (Å²) in [6.07, 6.45) is 26.2. The van der Waals surface area contributed by atoms with E-state index in [2.05, 4.69) is 43.1 Å². The van der Waals surface area contributed by atoms with Gasteiger partial charge in [-0.05, 0) is 83.6 Å². The predicted octanol–water partition coefficient (Wildman–Crippen LogP) is 15.1. The van der Waals surface area contributed by atoms with E-state index in [1.54, 1.807) is 0 Å². The van der Waals surface area contributed by atoms with Gasteiger partial charge in [0.15, 0.2) is 5.75 Å². The Balaban J connectivity index is 0.983. The molecular weight excluding hydrogens is 717 g/mol. The molecule has 2 heterocycles. The number of nitrogens with one attached hydrogen (secondary N) is 1. The Morgan fingerprint density at radius 3 is 1.45 bits per heavy atom. The van der Waals surface area contributed by atoms with E-state index in [9.17, 15) is 9.90 Å². The van der Waals surface area contributed by atoms with Gasteiger partial charge in [-0.1, -0.05) is 166 Å². The Hall–Kier alpha value is -4.84. The predicted molar refractivity (Wildman–Crippen MR) is 242 cm³/mol. The number of hydrogen-bond acceptors (Lipinski definition) is 5. The highest BCUT2D eigenvalue weighted by molar-refractivity contribution is 6.55. The number of benzene rings is 4. The number of aromatic amines is 1. The third-order valence-electron chi connectivity index (χ3n) is 11.6. The third-order valence-corrected chi connectivity index (χ3v) is 11.6. The van der Waals surface area contributed by atoms with Crippen LogP contribution < -0.4 is 9.47 Å². The highest BCUT2D eigenvalue weighted by Gasteiger charge is 2.30. The molecule has 2 N–H and O–H groups in total. The highest BCUT2D eigenvalue weighted by Crippen LogP contribution is 2.38. The van der Waals surface area contributed by atoms with Gasteiger partial charge in [0.25, 0.3) is 0 Å². The third kappa shape index (κ3) is 12.1. The lowest BCUT2D eigenvalue weighted by Gasteiger charge is -2.08. The number of aromatic nitrogens is 1. The summed E-state index contributed by atoms with van der Waals surface area (Å²) in [5.74, 6) is 1.58. The first-order valence-corrected chi connectivity index (χ1v) is 22.6. The van der Waals surface area contributed by atoms with Gasteiger partial charge < -0.3 is 19.6 Å². The minimum absolute atomic E-state index is 0.0331. The maximum atomic E-state index is 13.6. The van der Waals surface area contributed by atoms with E-state index < -0.39 is 0 Å². The molecule has 6 rings (SSSR count). The first kappa shape index (κ1) is 42.8. The maximum absolute atomic E-state index is 13.6. The molecule has 0 aliphatic carbocycles. The molecule has 0 fully saturated rings. The molecule has 0 unspecified atom stereocenters. The van der Waals surface area contributed by atoms with Gasteiger partial charge in [-0.15, -0.1) is 0 Å². The van der Waals surface area contributed by atoms with Crippen molar-refractivity contribution in [2.75, 3.05) is 13.2 Å². The number of Topliss-reactive ketones (excluding diaryl/α,β-unsaturated/α-hetero) is 1. The van der Waals surface area contributed by atoms with Gasteiger partial charge in [-0.25, -0.2) is 4.99 Å². The van der Waals surface area contributed by atoms with Gasteiger partial charge in [-0.2, -0.15) is 0 Å².